The molecule has 0 bridgehead atoms. The quantitative estimate of drug-likeness (QED) is 0.500. The number of hydrogen-bond acceptors (Lipinski definition) is 7. The Morgan fingerprint density at radius 2 is 1.62 bits per heavy atom. The number of methoxy groups -OCH3 is 1. The van der Waals surface area contributed by atoms with Crippen molar-refractivity contribution in [3.05, 3.63) is 78.5 Å². The van der Waals surface area contributed by atoms with E-state index in [1.807, 2.05) is 36.4 Å². The molecule has 1 saturated heterocycles. The number of para-hydroxylation sites is 1. The second-order valence-electron chi connectivity index (χ2n) is 7.76. The zero-order valence-electron chi connectivity index (χ0n) is 18.1. The van der Waals surface area contributed by atoms with Crippen LogP contribution in [0.2, 0.25) is 0 Å². The first-order valence-corrected chi connectivity index (χ1v) is 10.8. The van der Waals surface area contributed by atoms with E-state index in [4.69, 9.17) is 14.7 Å². The number of pyridine rings is 1. The number of nitrogens with one attached hydrogen (secondary N) is 1. The van der Waals surface area contributed by atoms with Crippen molar-refractivity contribution < 1.29 is 4.74 Å². The fourth-order valence-electron chi connectivity index (χ4n) is 3.96. The van der Waals surface area contributed by atoms with Crippen LogP contribution in [0.4, 0.5) is 17.6 Å². The van der Waals surface area contributed by atoms with Crippen LogP contribution >= 0.6 is 0 Å². The van der Waals surface area contributed by atoms with Gasteiger partial charge in [0.05, 0.1) is 12.6 Å². The molecule has 1 aliphatic rings. The van der Waals surface area contributed by atoms with E-state index < -0.39 is 0 Å². The summed E-state index contributed by atoms with van der Waals surface area (Å²) in [4.78, 5) is 18.8. The van der Waals surface area contributed by atoms with Crippen LogP contribution in [0.15, 0.2) is 72.9 Å². The highest BCUT2D eigenvalue weighted by Crippen LogP contribution is 2.26. The van der Waals surface area contributed by atoms with E-state index in [1.165, 1.54) is 5.56 Å². The maximum atomic E-state index is 5.34. The molecule has 0 unspecified atom stereocenters. The molecule has 4 aromatic rings. The fraction of sp³-hybridized carbons (Fsp3) is 0.240. The van der Waals surface area contributed by atoms with Crippen LogP contribution in [0.25, 0.3) is 10.9 Å². The predicted molar refractivity (Wildman–Crippen MR) is 129 cm³/mol. The summed E-state index contributed by atoms with van der Waals surface area (Å²) >= 11 is 0. The number of nitrogens with zero attached hydrogens (tertiary/aromatic N) is 5. The number of benzene rings is 2. The van der Waals surface area contributed by atoms with E-state index in [1.54, 1.807) is 13.3 Å². The second kappa shape index (κ2) is 9.09. The summed E-state index contributed by atoms with van der Waals surface area (Å²) in [6, 6.07) is 22.4. The molecule has 1 N–H and O–H groups in total. The van der Waals surface area contributed by atoms with Crippen LogP contribution in [-0.2, 0) is 6.54 Å². The zero-order chi connectivity index (χ0) is 21.8. The molecule has 2 aromatic carbocycles. The minimum atomic E-state index is 0.719. The van der Waals surface area contributed by atoms with Gasteiger partial charge in [-0.25, -0.2) is 9.97 Å². The van der Waals surface area contributed by atoms with Crippen LogP contribution < -0.4 is 19.9 Å². The van der Waals surface area contributed by atoms with Gasteiger partial charge in [-0.3, -0.25) is 0 Å². The van der Waals surface area contributed by atoms with Gasteiger partial charge >= 0.3 is 0 Å². The van der Waals surface area contributed by atoms with Gasteiger partial charge < -0.3 is 19.9 Å². The Labute approximate surface area is 187 Å². The van der Waals surface area contributed by atoms with Crippen molar-refractivity contribution in [2.75, 3.05) is 48.4 Å². The summed E-state index contributed by atoms with van der Waals surface area (Å²) in [5.74, 6) is 3.39. The Morgan fingerprint density at radius 3 is 2.44 bits per heavy atom. The number of ether oxygens (including phenoxy) is 1. The number of hydrogen-bond donors (Lipinski definition) is 1. The smallest absolute Gasteiger partial charge is 0.228 e. The van der Waals surface area contributed by atoms with Crippen LogP contribution in [0.5, 0.6) is 5.75 Å². The maximum absolute atomic E-state index is 5.34. The van der Waals surface area contributed by atoms with Crippen molar-refractivity contribution in [2.45, 2.75) is 6.54 Å². The number of anilines is 3. The molecule has 7 nitrogen and oxygen atoms in total. The first kappa shape index (κ1) is 20.1. The minimum Gasteiger partial charge on any atom is -0.497 e. The van der Waals surface area contributed by atoms with Crippen molar-refractivity contribution in [3.8, 4) is 5.75 Å². The number of piperazine rings is 1. The molecule has 1 fully saturated rings. The molecule has 1 aliphatic heterocycles. The van der Waals surface area contributed by atoms with Crippen molar-refractivity contribution in [1.29, 1.82) is 0 Å². The third-order valence-corrected chi connectivity index (χ3v) is 5.73. The normalized spacial score (nSPS) is 13.9. The molecule has 2 aromatic heterocycles. The van der Waals surface area contributed by atoms with Crippen LogP contribution in [0.3, 0.4) is 0 Å². The average molecular weight is 427 g/mol. The molecule has 0 atom stereocenters. The van der Waals surface area contributed by atoms with Crippen LogP contribution in [0, 0.1) is 0 Å². The molecular formula is C25H26N6O. The van der Waals surface area contributed by atoms with Crippen molar-refractivity contribution in [1.82, 2.24) is 15.0 Å². The Balaban J connectivity index is 1.35. The van der Waals surface area contributed by atoms with E-state index in [0.717, 1.165) is 67.0 Å². The number of fused-ring (bicyclic) bond motifs is 1. The lowest BCUT2D eigenvalue weighted by Gasteiger charge is -2.35. The largest absolute Gasteiger partial charge is 0.497 e. The Morgan fingerprint density at radius 1 is 0.875 bits per heavy atom. The van der Waals surface area contributed by atoms with Gasteiger partial charge in [-0.15, -0.1) is 0 Å². The summed E-state index contributed by atoms with van der Waals surface area (Å²) in [5.41, 5.74) is 2.17. The summed E-state index contributed by atoms with van der Waals surface area (Å²) in [6.45, 7) is 4.08. The molecule has 0 saturated carbocycles. The highest BCUT2D eigenvalue weighted by molar-refractivity contribution is 5.90. The standard InChI is InChI=1S/C25H26N6O/c1-32-20-11-12-26-23(17-20)30-13-15-31(16-14-30)25-28-22-10-6-5-9-21(22)24(29-25)27-18-19-7-3-2-4-8-19/h2-12,17H,13-16,18H2,1H3,(H,27,28,29). The lowest BCUT2D eigenvalue weighted by molar-refractivity contribution is 0.414. The number of rotatable bonds is 6. The monoisotopic (exact) mass is 426 g/mol. The molecule has 0 spiro atoms. The SMILES string of the molecule is COc1ccnc(N2CCN(c3nc(NCc4ccccc4)c4ccccc4n3)CC2)c1. The van der Waals surface area contributed by atoms with Crippen molar-refractivity contribution >= 4 is 28.5 Å². The summed E-state index contributed by atoms with van der Waals surface area (Å²) in [5, 5.41) is 4.55. The zero-order valence-corrected chi connectivity index (χ0v) is 18.1. The van der Waals surface area contributed by atoms with E-state index >= 15 is 0 Å². The van der Waals surface area contributed by atoms with Gasteiger partial charge in [0.25, 0.3) is 0 Å². The maximum Gasteiger partial charge on any atom is 0.228 e. The van der Waals surface area contributed by atoms with Gasteiger partial charge in [0.1, 0.15) is 17.4 Å². The molecule has 32 heavy (non-hydrogen) atoms. The Hall–Kier alpha value is -3.87. The van der Waals surface area contributed by atoms with Crippen LogP contribution in [0.1, 0.15) is 5.56 Å². The van der Waals surface area contributed by atoms with Gasteiger partial charge in [-0.1, -0.05) is 42.5 Å². The summed E-state index contributed by atoms with van der Waals surface area (Å²) < 4.78 is 5.34. The molecule has 3 heterocycles. The predicted octanol–water partition coefficient (Wildman–Crippen LogP) is 3.97. The molecule has 0 radical (unpaired) electrons. The number of aromatic nitrogens is 3. The fourth-order valence-corrected chi connectivity index (χ4v) is 3.96. The topological polar surface area (TPSA) is 66.4 Å². The third-order valence-electron chi connectivity index (χ3n) is 5.73. The lowest BCUT2D eigenvalue weighted by Crippen LogP contribution is -2.47. The molecule has 7 heteroatoms. The van der Waals surface area contributed by atoms with E-state index in [2.05, 4.69) is 50.4 Å². The lowest BCUT2D eigenvalue weighted by atomic mass is 10.2. The van der Waals surface area contributed by atoms with Crippen molar-refractivity contribution in [2.24, 2.45) is 0 Å². The van der Waals surface area contributed by atoms with Gasteiger partial charge in [-0.05, 0) is 23.8 Å². The van der Waals surface area contributed by atoms with Gasteiger partial charge in [0, 0.05) is 50.4 Å². The van der Waals surface area contributed by atoms with E-state index in [0.29, 0.717) is 0 Å². The highest BCUT2D eigenvalue weighted by atomic mass is 16.5. The first-order valence-electron chi connectivity index (χ1n) is 10.8. The molecule has 162 valence electrons. The summed E-state index contributed by atoms with van der Waals surface area (Å²) in [7, 11) is 1.68. The van der Waals surface area contributed by atoms with Crippen LogP contribution in [-0.4, -0.2) is 48.2 Å². The summed E-state index contributed by atoms with van der Waals surface area (Å²) in [6.07, 6.45) is 1.79. The van der Waals surface area contributed by atoms with E-state index in [-0.39, 0.29) is 0 Å². The van der Waals surface area contributed by atoms with Gasteiger partial charge in [0.2, 0.25) is 5.95 Å². The van der Waals surface area contributed by atoms with Gasteiger partial charge in [-0.2, -0.15) is 4.98 Å². The Bertz CT molecular complexity index is 1190. The van der Waals surface area contributed by atoms with Gasteiger partial charge in [0.15, 0.2) is 0 Å². The average Bonchev–Trinajstić information content (AvgIpc) is 2.88. The Kier molecular flexibility index (Phi) is 5.70. The molecular weight excluding hydrogens is 400 g/mol. The highest BCUT2D eigenvalue weighted by Gasteiger charge is 2.21. The van der Waals surface area contributed by atoms with E-state index in [9.17, 15) is 0 Å². The second-order valence-corrected chi connectivity index (χ2v) is 7.76. The minimum absolute atomic E-state index is 0.719. The van der Waals surface area contributed by atoms with Crippen molar-refractivity contribution in [3.63, 3.8) is 0 Å². The molecule has 5 rings (SSSR count). The third kappa shape index (κ3) is 4.27. The first-order chi connectivity index (χ1) is 15.8. The molecule has 0 aliphatic carbocycles. The molecule has 0 amide bonds.